The molecular formula is C11H11FN2O5. The number of nitrogens with zero attached hydrogens (tertiary/aromatic N) is 2. The van der Waals surface area contributed by atoms with Gasteiger partial charge in [0.15, 0.2) is 0 Å². The summed E-state index contributed by atoms with van der Waals surface area (Å²) >= 11 is 0. The molecule has 1 heterocycles. The summed E-state index contributed by atoms with van der Waals surface area (Å²) < 4.78 is 18.4. The third kappa shape index (κ3) is 2.34. The summed E-state index contributed by atoms with van der Waals surface area (Å²) in [6, 6.07) is 1.79. The van der Waals surface area contributed by atoms with E-state index in [9.17, 15) is 24.4 Å². The summed E-state index contributed by atoms with van der Waals surface area (Å²) in [5.41, 5.74) is -0.665. The lowest BCUT2D eigenvalue weighted by molar-refractivity contribution is -0.387. The summed E-state index contributed by atoms with van der Waals surface area (Å²) in [6.07, 6.45) is -0.921. The second kappa shape index (κ2) is 4.81. The molecule has 1 amide bonds. The summed E-state index contributed by atoms with van der Waals surface area (Å²) in [5, 5.41) is 20.1. The highest BCUT2D eigenvalue weighted by Crippen LogP contribution is 2.36. The van der Waals surface area contributed by atoms with Crippen LogP contribution in [0.4, 0.5) is 15.8 Å². The van der Waals surface area contributed by atoms with Crippen LogP contribution in [0, 0.1) is 15.9 Å². The molecule has 1 aliphatic rings. The van der Waals surface area contributed by atoms with Crippen molar-refractivity contribution >= 4 is 17.3 Å². The number of hydrogen-bond acceptors (Lipinski definition) is 5. The summed E-state index contributed by atoms with van der Waals surface area (Å²) in [7, 11) is 1.26. The van der Waals surface area contributed by atoms with Crippen molar-refractivity contribution in [1.29, 1.82) is 0 Å². The highest BCUT2D eigenvalue weighted by Gasteiger charge is 2.33. The summed E-state index contributed by atoms with van der Waals surface area (Å²) in [4.78, 5) is 22.6. The molecule has 0 saturated carbocycles. The van der Waals surface area contributed by atoms with Crippen LogP contribution in [-0.2, 0) is 4.79 Å². The summed E-state index contributed by atoms with van der Waals surface area (Å²) in [5.74, 6) is -1.44. The second-order valence-electron chi connectivity index (χ2n) is 4.09. The van der Waals surface area contributed by atoms with Crippen LogP contribution in [0.5, 0.6) is 5.75 Å². The number of nitro groups is 1. The maximum atomic E-state index is 13.5. The van der Waals surface area contributed by atoms with Crippen LogP contribution in [-0.4, -0.2) is 35.7 Å². The number of methoxy groups -OCH3 is 1. The number of nitro benzene ring substituents is 1. The molecular weight excluding hydrogens is 259 g/mol. The highest BCUT2D eigenvalue weighted by molar-refractivity contribution is 5.97. The van der Waals surface area contributed by atoms with Gasteiger partial charge in [-0.05, 0) is 0 Å². The van der Waals surface area contributed by atoms with Crippen LogP contribution in [0.1, 0.15) is 6.42 Å². The first-order valence-corrected chi connectivity index (χ1v) is 5.44. The molecule has 1 fully saturated rings. The molecule has 0 radical (unpaired) electrons. The first kappa shape index (κ1) is 13.2. The molecule has 7 nitrogen and oxygen atoms in total. The number of rotatable bonds is 3. The van der Waals surface area contributed by atoms with Gasteiger partial charge in [0.2, 0.25) is 11.7 Å². The van der Waals surface area contributed by atoms with E-state index in [2.05, 4.69) is 0 Å². The highest BCUT2D eigenvalue weighted by atomic mass is 19.1. The van der Waals surface area contributed by atoms with Gasteiger partial charge in [-0.1, -0.05) is 0 Å². The Hall–Kier alpha value is -2.22. The van der Waals surface area contributed by atoms with Gasteiger partial charge in [0.1, 0.15) is 5.75 Å². The second-order valence-corrected chi connectivity index (χ2v) is 4.09. The zero-order chi connectivity index (χ0) is 14.2. The van der Waals surface area contributed by atoms with Gasteiger partial charge in [-0.2, -0.15) is 4.39 Å². The number of ether oxygens (including phenoxy) is 1. The van der Waals surface area contributed by atoms with Crippen LogP contribution < -0.4 is 9.64 Å². The molecule has 102 valence electrons. The van der Waals surface area contributed by atoms with Crippen molar-refractivity contribution < 1.29 is 24.0 Å². The molecule has 0 bridgehead atoms. The minimum Gasteiger partial charge on any atom is -0.494 e. The Bertz CT molecular complexity index is 548. The Morgan fingerprint density at radius 2 is 2.26 bits per heavy atom. The molecule has 1 unspecified atom stereocenters. The number of hydrogen-bond donors (Lipinski definition) is 1. The molecule has 1 aromatic carbocycles. The number of β-amino-alcohol motifs (C(OH)–C–C–N with tert-alkyl or cyclic N) is 1. The van der Waals surface area contributed by atoms with Crippen molar-refractivity contribution in [2.75, 3.05) is 18.6 Å². The molecule has 0 spiro atoms. The van der Waals surface area contributed by atoms with Gasteiger partial charge >= 0.3 is 5.69 Å². The standard InChI is InChI=1S/C11H11FN2O5/c1-19-10-3-7(12)8(14(17)18)4-9(10)13-5-6(15)2-11(13)16/h3-4,6,15H,2,5H2,1H3. The number of carbonyl (C=O) groups excluding carboxylic acids is 1. The monoisotopic (exact) mass is 270 g/mol. The SMILES string of the molecule is COc1cc(F)c([N+](=O)[O-])cc1N1CC(O)CC1=O. The zero-order valence-corrected chi connectivity index (χ0v) is 10.00. The van der Waals surface area contributed by atoms with Gasteiger partial charge in [-0.25, -0.2) is 0 Å². The predicted octanol–water partition coefficient (Wildman–Crippen LogP) is 0.840. The summed E-state index contributed by atoms with van der Waals surface area (Å²) in [6.45, 7) is -0.00200. The van der Waals surface area contributed by atoms with Crippen molar-refractivity contribution in [3.63, 3.8) is 0 Å². The molecule has 8 heteroatoms. The van der Waals surface area contributed by atoms with E-state index >= 15 is 0 Å². The topological polar surface area (TPSA) is 92.9 Å². The van der Waals surface area contributed by atoms with Crippen LogP contribution >= 0.6 is 0 Å². The number of benzene rings is 1. The Morgan fingerprint density at radius 3 is 2.74 bits per heavy atom. The van der Waals surface area contributed by atoms with Crippen molar-refractivity contribution in [3.8, 4) is 5.75 Å². The van der Waals surface area contributed by atoms with Crippen LogP contribution in [0.3, 0.4) is 0 Å². The molecule has 0 aromatic heterocycles. The van der Waals surface area contributed by atoms with Gasteiger partial charge in [-0.15, -0.1) is 0 Å². The number of halogens is 1. The number of aliphatic hydroxyl groups excluding tert-OH is 1. The Kier molecular flexibility index (Phi) is 3.34. The smallest absolute Gasteiger partial charge is 0.307 e. The third-order valence-electron chi connectivity index (χ3n) is 2.84. The first-order chi connectivity index (χ1) is 8.93. The zero-order valence-electron chi connectivity index (χ0n) is 10.00. The number of carbonyl (C=O) groups is 1. The quantitative estimate of drug-likeness (QED) is 0.649. The molecule has 1 atom stereocenters. The third-order valence-corrected chi connectivity index (χ3v) is 2.84. The van der Waals surface area contributed by atoms with E-state index in [1.165, 1.54) is 7.11 Å². The fourth-order valence-electron chi connectivity index (χ4n) is 1.97. The van der Waals surface area contributed by atoms with Crippen LogP contribution in [0.15, 0.2) is 12.1 Å². The molecule has 2 rings (SSSR count). The lowest BCUT2D eigenvalue weighted by atomic mass is 10.2. The van der Waals surface area contributed by atoms with E-state index in [0.29, 0.717) is 0 Å². The van der Waals surface area contributed by atoms with Gasteiger partial charge < -0.3 is 14.7 Å². The number of aliphatic hydroxyl groups is 1. The lowest BCUT2D eigenvalue weighted by Crippen LogP contribution is -2.26. The fourth-order valence-corrected chi connectivity index (χ4v) is 1.97. The van der Waals surface area contributed by atoms with E-state index in [0.717, 1.165) is 17.0 Å². The van der Waals surface area contributed by atoms with E-state index < -0.39 is 28.4 Å². The largest absolute Gasteiger partial charge is 0.494 e. The molecule has 1 aromatic rings. The maximum Gasteiger partial charge on any atom is 0.307 e. The molecule has 1 N–H and O–H groups in total. The van der Waals surface area contributed by atoms with E-state index in [4.69, 9.17) is 4.74 Å². The van der Waals surface area contributed by atoms with Crippen LogP contribution in [0.2, 0.25) is 0 Å². The minimum absolute atomic E-state index is 0.00200. The molecule has 1 aliphatic heterocycles. The normalized spacial score (nSPS) is 18.8. The van der Waals surface area contributed by atoms with Crippen molar-refractivity contribution in [1.82, 2.24) is 0 Å². The van der Waals surface area contributed by atoms with Gasteiger partial charge in [0, 0.05) is 12.1 Å². The van der Waals surface area contributed by atoms with E-state index in [1.807, 2.05) is 0 Å². The van der Waals surface area contributed by atoms with E-state index in [1.54, 1.807) is 0 Å². The van der Waals surface area contributed by atoms with Crippen molar-refractivity contribution in [2.45, 2.75) is 12.5 Å². The average molecular weight is 270 g/mol. The van der Waals surface area contributed by atoms with Gasteiger partial charge in [-0.3, -0.25) is 14.9 Å². The number of anilines is 1. The van der Waals surface area contributed by atoms with Gasteiger partial charge in [0.25, 0.3) is 0 Å². The first-order valence-electron chi connectivity index (χ1n) is 5.44. The lowest BCUT2D eigenvalue weighted by Gasteiger charge is -2.18. The molecule has 1 saturated heterocycles. The average Bonchev–Trinajstić information content (AvgIpc) is 2.67. The van der Waals surface area contributed by atoms with Gasteiger partial charge in [0.05, 0.1) is 36.8 Å². The van der Waals surface area contributed by atoms with Crippen molar-refractivity contribution in [3.05, 3.63) is 28.1 Å². The van der Waals surface area contributed by atoms with Crippen LogP contribution in [0.25, 0.3) is 0 Å². The number of amides is 1. The predicted molar refractivity (Wildman–Crippen MR) is 62.6 cm³/mol. The Balaban J connectivity index is 2.52. The van der Waals surface area contributed by atoms with Crippen molar-refractivity contribution in [2.24, 2.45) is 0 Å². The fraction of sp³-hybridized carbons (Fsp3) is 0.364. The maximum absolute atomic E-state index is 13.5. The molecule has 19 heavy (non-hydrogen) atoms. The molecule has 0 aliphatic carbocycles. The van der Waals surface area contributed by atoms with E-state index in [-0.39, 0.29) is 24.4 Å². The minimum atomic E-state index is -1.04. The Labute approximate surface area is 107 Å². The Morgan fingerprint density at radius 1 is 1.58 bits per heavy atom.